The molecule has 1 aliphatic heterocycles. The van der Waals surface area contributed by atoms with Gasteiger partial charge >= 0.3 is 0 Å². The van der Waals surface area contributed by atoms with Crippen LogP contribution in [0.3, 0.4) is 0 Å². The number of allylic oxidation sites excluding steroid dienone is 6. The Balaban J connectivity index is 1.74. The van der Waals surface area contributed by atoms with Crippen LogP contribution in [0.1, 0.15) is 31.2 Å². The van der Waals surface area contributed by atoms with Gasteiger partial charge < -0.3 is 9.84 Å². The number of hydrogen-bond donors (Lipinski definition) is 2. The van der Waals surface area contributed by atoms with Crippen LogP contribution in [-0.2, 0) is 19.2 Å². The molecule has 2 N–H and O–H groups in total. The number of hydroxylamine groups is 2. The van der Waals surface area contributed by atoms with Crippen molar-refractivity contribution in [1.82, 2.24) is 5.06 Å². The number of rotatable bonds is 2. The lowest BCUT2D eigenvalue weighted by molar-refractivity contribution is -0.173. The summed E-state index contributed by atoms with van der Waals surface area (Å²) in [5, 5.41) is 20.5. The lowest BCUT2D eigenvalue weighted by Crippen LogP contribution is -2.39. The SMILES string of the molecule is COc1cc(C2C3=CCC4C(=O)N(O)C(=O)C4C3CC3=C2C(=O)C=C(C)C3=O)cc(Br)c1O. The fraction of sp³-hybridized carbons (Fsp3) is 0.333. The quantitative estimate of drug-likeness (QED) is 0.270. The predicted octanol–water partition coefficient (Wildman–Crippen LogP) is 2.98. The Bertz CT molecular complexity index is 1260. The number of carbonyl (C=O) groups is 4. The normalized spacial score (nSPS) is 28.9. The van der Waals surface area contributed by atoms with Crippen molar-refractivity contribution in [3.05, 3.63) is 56.6 Å². The van der Waals surface area contributed by atoms with Gasteiger partial charge in [-0.15, -0.1) is 0 Å². The summed E-state index contributed by atoms with van der Waals surface area (Å²) in [6, 6.07) is 3.26. The third kappa shape index (κ3) is 2.99. The third-order valence-corrected chi connectivity index (χ3v) is 7.75. The van der Waals surface area contributed by atoms with E-state index in [0.717, 1.165) is 5.57 Å². The van der Waals surface area contributed by atoms with Gasteiger partial charge in [0.25, 0.3) is 11.8 Å². The molecule has 0 saturated carbocycles. The van der Waals surface area contributed by atoms with Gasteiger partial charge in [0.1, 0.15) is 0 Å². The number of methoxy groups -OCH3 is 1. The van der Waals surface area contributed by atoms with Crippen LogP contribution < -0.4 is 4.74 Å². The van der Waals surface area contributed by atoms with Gasteiger partial charge in [0.2, 0.25) is 0 Å². The highest BCUT2D eigenvalue weighted by Crippen LogP contribution is 2.55. The van der Waals surface area contributed by atoms with Crippen LogP contribution in [0.2, 0.25) is 0 Å². The molecule has 33 heavy (non-hydrogen) atoms. The lowest BCUT2D eigenvalue weighted by Gasteiger charge is -2.42. The number of carbonyl (C=O) groups excluding carboxylic acids is 4. The van der Waals surface area contributed by atoms with Crippen LogP contribution in [0.5, 0.6) is 11.5 Å². The molecule has 9 heteroatoms. The van der Waals surface area contributed by atoms with Crippen LogP contribution in [0.25, 0.3) is 0 Å². The Morgan fingerprint density at radius 3 is 2.55 bits per heavy atom. The maximum atomic E-state index is 13.2. The second-order valence-corrected chi connectivity index (χ2v) is 9.62. The van der Waals surface area contributed by atoms with Crippen LogP contribution in [0.15, 0.2) is 51.0 Å². The van der Waals surface area contributed by atoms with Gasteiger partial charge in [0.05, 0.1) is 23.4 Å². The summed E-state index contributed by atoms with van der Waals surface area (Å²) in [6.45, 7) is 1.58. The van der Waals surface area contributed by atoms with Gasteiger partial charge in [0, 0.05) is 22.6 Å². The van der Waals surface area contributed by atoms with Crippen molar-refractivity contribution in [2.75, 3.05) is 7.11 Å². The van der Waals surface area contributed by atoms with Gasteiger partial charge in [-0.05, 0) is 65.4 Å². The molecule has 2 amide bonds. The molecule has 0 radical (unpaired) electrons. The fourth-order valence-electron chi connectivity index (χ4n) is 5.66. The molecule has 4 unspecified atom stereocenters. The Morgan fingerprint density at radius 1 is 1.12 bits per heavy atom. The van der Waals surface area contributed by atoms with Gasteiger partial charge in [-0.25, -0.2) is 0 Å². The average Bonchev–Trinajstić information content (AvgIpc) is 3.02. The van der Waals surface area contributed by atoms with E-state index in [1.54, 1.807) is 19.1 Å². The molecule has 0 spiro atoms. The smallest absolute Gasteiger partial charge is 0.257 e. The van der Waals surface area contributed by atoms with Crippen molar-refractivity contribution in [2.24, 2.45) is 17.8 Å². The molecule has 4 aliphatic rings. The van der Waals surface area contributed by atoms with Crippen molar-refractivity contribution < 1.29 is 34.2 Å². The zero-order valence-corrected chi connectivity index (χ0v) is 19.4. The number of benzene rings is 1. The number of fused-ring (bicyclic) bond motifs is 3. The molecule has 1 saturated heterocycles. The Labute approximate surface area is 197 Å². The van der Waals surface area contributed by atoms with Crippen LogP contribution in [0.4, 0.5) is 0 Å². The number of Topliss-reactive ketones (excluding diaryl/α,β-unsaturated/α-hetero) is 1. The largest absolute Gasteiger partial charge is 0.503 e. The van der Waals surface area contributed by atoms with Crippen molar-refractivity contribution in [2.45, 2.75) is 25.7 Å². The van der Waals surface area contributed by atoms with E-state index in [2.05, 4.69) is 15.9 Å². The molecular weight excluding hydrogens is 494 g/mol. The topological polar surface area (TPSA) is 121 Å². The Morgan fingerprint density at radius 2 is 1.85 bits per heavy atom. The van der Waals surface area contributed by atoms with E-state index >= 15 is 0 Å². The van der Waals surface area contributed by atoms with Crippen molar-refractivity contribution >= 4 is 39.3 Å². The summed E-state index contributed by atoms with van der Waals surface area (Å²) < 4.78 is 5.64. The van der Waals surface area contributed by atoms with Gasteiger partial charge in [-0.1, -0.05) is 11.6 Å². The summed E-state index contributed by atoms with van der Waals surface area (Å²) in [5.41, 5.74) is 2.33. The number of ketones is 2. The van der Waals surface area contributed by atoms with E-state index in [1.807, 2.05) is 6.08 Å². The lowest BCUT2D eigenvalue weighted by atomic mass is 9.59. The predicted molar refractivity (Wildman–Crippen MR) is 117 cm³/mol. The van der Waals surface area contributed by atoms with Crippen LogP contribution in [0, 0.1) is 17.8 Å². The summed E-state index contributed by atoms with van der Waals surface area (Å²) in [4.78, 5) is 51.5. The standard InChI is InChI=1S/C24H20BrNO7/c1-9-5-16(27)20-14(21(9)28)8-13-11(3-4-12-19(13)24(31)26(32)23(12)30)18(20)10-6-15(25)22(29)17(7-10)33-2/h3,5-7,12-13,18-19,29,32H,4,8H2,1-2H3. The molecule has 0 aromatic heterocycles. The molecule has 3 aliphatic carbocycles. The van der Waals surface area contributed by atoms with E-state index < -0.39 is 35.5 Å². The highest BCUT2D eigenvalue weighted by atomic mass is 79.9. The molecular formula is C24H20BrNO7. The Kier molecular flexibility index (Phi) is 4.95. The minimum Gasteiger partial charge on any atom is -0.503 e. The van der Waals surface area contributed by atoms with Crippen molar-refractivity contribution in [1.29, 1.82) is 0 Å². The number of phenolic OH excluding ortho intramolecular Hbond substituents is 1. The van der Waals surface area contributed by atoms with Crippen molar-refractivity contribution in [3.63, 3.8) is 0 Å². The number of nitrogens with zero attached hydrogens (tertiary/aromatic N) is 1. The molecule has 1 aromatic rings. The van der Waals surface area contributed by atoms with Gasteiger partial charge in [-0.3, -0.25) is 24.4 Å². The summed E-state index contributed by atoms with van der Waals surface area (Å²) >= 11 is 3.32. The maximum Gasteiger partial charge on any atom is 0.257 e. The van der Waals surface area contributed by atoms with E-state index in [4.69, 9.17) is 4.74 Å². The zero-order valence-electron chi connectivity index (χ0n) is 17.8. The van der Waals surface area contributed by atoms with Crippen molar-refractivity contribution in [3.8, 4) is 11.5 Å². The summed E-state index contributed by atoms with van der Waals surface area (Å²) in [6.07, 6.45) is 3.55. The molecule has 5 rings (SSSR count). The van der Waals surface area contributed by atoms with E-state index in [9.17, 15) is 29.5 Å². The first-order valence-electron chi connectivity index (χ1n) is 10.5. The zero-order chi connectivity index (χ0) is 23.8. The first-order valence-corrected chi connectivity index (χ1v) is 11.3. The second kappa shape index (κ2) is 7.50. The molecule has 4 atom stereocenters. The second-order valence-electron chi connectivity index (χ2n) is 8.77. The first kappa shape index (κ1) is 21.8. The molecule has 0 bridgehead atoms. The number of aromatic hydroxyl groups is 1. The first-order chi connectivity index (χ1) is 15.6. The van der Waals surface area contributed by atoms with E-state index in [-0.39, 0.29) is 41.0 Å². The van der Waals surface area contributed by atoms with Gasteiger partial charge in [0.15, 0.2) is 23.1 Å². The number of hydrogen-bond acceptors (Lipinski definition) is 7. The van der Waals surface area contributed by atoms with E-state index in [0.29, 0.717) is 26.8 Å². The summed E-state index contributed by atoms with van der Waals surface area (Å²) in [5.74, 6) is -4.50. The number of ether oxygens (including phenoxy) is 1. The van der Waals surface area contributed by atoms with Gasteiger partial charge in [-0.2, -0.15) is 5.06 Å². The van der Waals surface area contributed by atoms with E-state index in [1.165, 1.54) is 13.2 Å². The van der Waals surface area contributed by atoms with Crippen LogP contribution in [-0.4, -0.2) is 45.9 Å². The summed E-state index contributed by atoms with van der Waals surface area (Å²) in [7, 11) is 1.41. The Hall–Kier alpha value is -3.04. The molecule has 170 valence electrons. The molecule has 1 heterocycles. The highest BCUT2D eigenvalue weighted by molar-refractivity contribution is 9.10. The number of halogens is 1. The fourth-order valence-corrected chi connectivity index (χ4v) is 6.12. The third-order valence-electron chi connectivity index (χ3n) is 7.14. The number of amides is 2. The number of phenols is 1. The minimum absolute atomic E-state index is 0.102. The molecule has 1 aromatic carbocycles. The minimum atomic E-state index is -0.810. The average molecular weight is 514 g/mol. The maximum absolute atomic E-state index is 13.2. The van der Waals surface area contributed by atoms with Crippen LogP contribution >= 0.6 is 15.9 Å². The molecule has 1 fully saturated rings. The monoisotopic (exact) mass is 513 g/mol. The number of imide groups is 1. The molecule has 8 nitrogen and oxygen atoms in total. The highest BCUT2D eigenvalue weighted by Gasteiger charge is 2.56.